The number of benzene rings is 1. The van der Waals surface area contributed by atoms with E-state index in [4.69, 9.17) is 4.52 Å². The molecule has 0 unspecified atom stereocenters. The average Bonchev–Trinajstić information content (AvgIpc) is 3.09. The maximum absolute atomic E-state index is 13.6. The summed E-state index contributed by atoms with van der Waals surface area (Å²) in [6.45, 7) is 0. The lowest BCUT2D eigenvalue weighted by Gasteiger charge is -1.97. The molecule has 0 saturated heterocycles. The Morgan fingerprint density at radius 1 is 1.29 bits per heavy atom. The van der Waals surface area contributed by atoms with E-state index in [0.29, 0.717) is 0 Å². The highest BCUT2D eigenvalue weighted by Crippen LogP contribution is 2.25. The predicted octanol–water partition coefficient (Wildman–Crippen LogP) is 3.33. The largest absolute Gasteiger partial charge is 0.338 e. The van der Waals surface area contributed by atoms with Crippen molar-refractivity contribution in [1.82, 2.24) is 10.1 Å². The molecule has 21 heavy (non-hydrogen) atoms. The van der Waals surface area contributed by atoms with Gasteiger partial charge in [-0.05, 0) is 12.1 Å². The van der Waals surface area contributed by atoms with Gasteiger partial charge >= 0.3 is 0 Å². The number of carbonyl (C=O) groups is 1. The molecular formula is C13H7F2N3O2S. The monoisotopic (exact) mass is 307 g/mol. The summed E-state index contributed by atoms with van der Waals surface area (Å²) in [6.07, 6.45) is 0. The number of carbonyl (C=O) groups excluding carboxylic acids is 1. The first-order chi connectivity index (χ1) is 10.1. The van der Waals surface area contributed by atoms with Crippen LogP contribution in [-0.2, 0) is 0 Å². The molecule has 2 heterocycles. The quantitative estimate of drug-likeness (QED) is 0.806. The fourth-order valence-corrected chi connectivity index (χ4v) is 2.19. The normalized spacial score (nSPS) is 10.6. The van der Waals surface area contributed by atoms with Gasteiger partial charge in [-0.25, -0.2) is 13.8 Å². The van der Waals surface area contributed by atoms with Gasteiger partial charge in [-0.1, -0.05) is 5.16 Å². The van der Waals surface area contributed by atoms with Gasteiger partial charge in [-0.3, -0.25) is 10.1 Å². The number of aromatic nitrogens is 2. The van der Waals surface area contributed by atoms with E-state index in [0.717, 1.165) is 12.1 Å². The van der Waals surface area contributed by atoms with E-state index < -0.39 is 17.5 Å². The van der Waals surface area contributed by atoms with Crippen molar-refractivity contribution >= 4 is 23.1 Å². The van der Waals surface area contributed by atoms with Crippen LogP contribution in [0.15, 0.2) is 39.7 Å². The summed E-state index contributed by atoms with van der Waals surface area (Å²) in [6, 6.07) is 4.45. The third-order valence-corrected chi connectivity index (χ3v) is 3.21. The highest BCUT2D eigenvalue weighted by molar-refractivity contribution is 7.07. The highest BCUT2D eigenvalue weighted by Gasteiger charge is 2.15. The number of hydrogen-bond acceptors (Lipinski definition) is 5. The van der Waals surface area contributed by atoms with E-state index in [1.165, 1.54) is 29.0 Å². The third-order valence-electron chi connectivity index (χ3n) is 2.62. The molecule has 8 heteroatoms. The standard InChI is InChI=1S/C13H7F2N3O2S/c14-7-1-2-8(9(15)3-7)10-4-12(20-18-10)17-13(19)11-5-21-6-16-11/h1-6H,(H,17,19). The molecule has 3 rings (SSSR count). The Bertz CT molecular complexity index is 787. The fraction of sp³-hybridized carbons (Fsp3) is 0. The minimum atomic E-state index is -0.763. The third kappa shape index (κ3) is 2.79. The van der Waals surface area contributed by atoms with Crippen LogP contribution in [0.3, 0.4) is 0 Å². The second-order valence-electron chi connectivity index (χ2n) is 4.03. The van der Waals surface area contributed by atoms with Crippen LogP contribution < -0.4 is 5.32 Å². The van der Waals surface area contributed by atoms with Crippen LogP contribution in [0, 0.1) is 11.6 Å². The Hall–Kier alpha value is -2.61. The van der Waals surface area contributed by atoms with Gasteiger partial charge in [0.05, 0.1) is 5.51 Å². The minimum Gasteiger partial charge on any atom is -0.338 e. The molecule has 106 valence electrons. The lowest BCUT2D eigenvalue weighted by atomic mass is 10.1. The summed E-state index contributed by atoms with van der Waals surface area (Å²) in [5.74, 6) is -1.86. The topological polar surface area (TPSA) is 68.0 Å². The summed E-state index contributed by atoms with van der Waals surface area (Å²) in [5, 5.41) is 7.66. The molecule has 0 atom stereocenters. The molecule has 0 saturated carbocycles. The molecule has 0 radical (unpaired) electrons. The maximum atomic E-state index is 13.6. The number of hydrogen-bond donors (Lipinski definition) is 1. The molecule has 0 aliphatic carbocycles. The van der Waals surface area contributed by atoms with Gasteiger partial charge in [-0.15, -0.1) is 11.3 Å². The first-order valence-corrected chi connectivity index (χ1v) is 6.69. The minimum absolute atomic E-state index is 0.0479. The van der Waals surface area contributed by atoms with Crippen LogP contribution in [0.25, 0.3) is 11.3 Å². The van der Waals surface area contributed by atoms with Gasteiger partial charge < -0.3 is 4.52 Å². The van der Waals surface area contributed by atoms with E-state index in [-0.39, 0.29) is 22.8 Å². The molecule has 1 amide bonds. The number of halogens is 2. The van der Waals surface area contributed by atoms with Crippen LogP contribution in [0.4, 0.5) is 14.7 Å². The Labute approximate surface area is 121 Å². The summed E-state index contributed by atoms with van der Waals surface area (Å²) >= 11 is 1.28. The SMILES string of the molecule is O=C(Nc1cc(-c2ccc(F)cc2F)no1)c1cscn1. The van der Waals surface area contributed by atoms with Crippen molar-refractivity contribution in [3.05, 3.63) is 52.5 Å². The predicted molar refractivity (Wildman–Crippen MR) is 71.9 cm³/mol. The zero-order valence-electron chi connectivity index (χ0n) is 10.3. The van der Waals surface area contributed by atoms with Crippen molar-refractivity contribution in [2.24, 2.45) is 0 Å². The number of rotatable bonds is 3. The van der Waals surface area contributed by atoms with Crippen molar-refractivity contribution in [2.75, 3.05) is 5.32 Å². The second kappa shape index (κ2) is 5.41. The van der Waals surface area contributed by atoms with Gasteiger partial charge in [0.1, 0.15) is 23.0 Å². The summed E-state index contributed by atoms with van der Waals surface area (Å²) in [7, 11) is 0. The van der Waals surface area contributed by atoms with Gasteiger partial charge in [-0.2, -0.15) is 0 Å². The molecule has 0 fully saturated rings. The van der Waals surface area contributed by atoms with Gasteiger partial charge in [0.25, 0.3) is 5.91 Å². The summed E-state index contributed by atoms with van der Waals surface area (Å²) < 4.78 is 31.4. The Balaban J connectivity index is 1.82. The molecule has 0 spiro atoms. The van der Waals surface area contributed by atoms with Crippen molar-refractivity contribution in [3.63, 3.8) is 0 Å². The summed E-state index contributed by atoms with van der Waals surface area (Å²) in [5.41, 5.74) is 2.00. The Morgan fingerprint density at radius 3 is 2.86 bits per heavy atom. The smallest absolute Gasteiger partial charge is 0.277 e. The maximum Gasteiger partial charge on any atom is 0.277 e. The van der Waals surface area contributed by atoms with Gasteiger partial charge in [0.2, 0.25) is 5.88 Å². The number of amides is 1. The Kier molecular flexibility index (Phi) is 3.44. The number of thiazole rings is 1. The van der Waals surface area contributed by atoms with Crippen molar-refractivity contribution in [1.29, 1.82) is 0 Å². The van der Waals surface area contributed by atoms with Crippen LogP contribution in [-0.4, -0.2) is 16.0 Å². The van der Waals surface area contributed by atoms with E-state index in [9.17, 15) is 13.6 Å². The second-order valence-corrected chi connectivity index (χ2v) is 4.75. The average molecular weight is 307 g/mol. The molecule has 1 aromatic carbocycles. The molecule has 1 N–H and O–H groups in total. The van der Waals surface area contributed by atoms with E-state index in [2.05, 4.69) is 15.5 Å². The number of nitrogens with zero attached hydrogens (tertiary/aromatic N) is 2. The number of anilines is 1. The van der Waals surface area contributed by atoms with Crippen LogP contribution in [0.1, 0.15) is 10.5 Å². The highest BCUT2D eigenvalue weighted by atomic mass is 32.1. The zero-order valence-corrected chi connectivity index (χ0v) is 11.2. The zero-order chi connectivity index (χ0) is 14.8. The van der Waals surface area contributed by atoms with Crippen LogP contribution in [0.2, 0.25) is 0 Å². The Morgan fingerprint density at radius 2 is 2.14 bits per heavy atom. The first-order valence-electron chi connectivity index (χ1n) is 5.75. The van der Waals surface area contributed by atoms with E-state index >= 15 is 0 Å². The van der Waals surface area contributed by atoms with Gasteiger partial charge in [0.15, 0.2) is 0 Å². The molecule has 3 aromatic rings. The molecule has 5 nitrogen and oxygen atoms in total. The molecule has 0 bridgehead atoms. The molecule has 0 aliphatic rings. The molecule has 2 aromatic heterocycles. The first kappa shape index (κ1) is 13.4. The van der Waals surface area contributed by atoms with Crippen molar-refractivity contribution in [2.45, 2.75) is 0 Å². The van der Waals surface area contributed by atoms with E-state index in [1.807, 2.05) is 0 Å². The summed E-state index contributed by atoms with van der Waals surface area (Å²) in [4.78, 5) is 15.6. The molecule has 0 aliphatic heterocycles. The number of nitrogens with one attached hydrogen (secondary N) is 1. The fourth-order valence-electron chi connectivity index (χ4n) is 1.66. The lowest BCUT2D eigenvalue weighted by Crippen LogP contribution is -2.11. The van der Waals surface area contributed by atoms with Crippen LogP contribution >= 0.6 is 11.3 Å². The molecular weight excluding hydrogens is 300 g/mol. The van der Waals surface area contributed by atoms with Gasteiger partial charge in [0, 0.05) is 23.1 Å². The van der Waals surface area contributed by atoms with E-state index in [1.54, 1.807) is 5.38 Å². The lowest BCUT2D eigenvalue weighted by molar-refractivity contribution is 0.102. The van der Waals surface area contributed by atoms with Crippen molar-refractivity contribution < 1.29 is 18.1 Å². The van der Waals surface area contributed by atoms with Crippen LogP contribution in [0.5, 0.6) is 0 Å². The van der Waals surface area contributed by atoms with Crippen molar-refractivity contribution in [3.8, 4) is 11.3 Å².